The van der Waals surface area contributed by atoms with E-state index in [2.05, 4.69) is 57.3 Å². The normalized spacial score (nSPS) is 22.7. The van der Waals surface area contributed by atoms with Crippen molar-refractivity contribution in [3.8, 4) is 11.5 Å². The minimum absolute atomic E-state index is 0.310. The first kappa shape index (κ1) is 15.1. The molecule has 1 N–H and O–H groups in total. The SMILES string of the molecule is CN1CCN(C)C(CNCc2cc(Br)c3c(c2)OCO3)C1. The molecule has 2 aliphatic heterocycles. The summed E-state index contributed by atoms with van der Waals surface area (Å²) in [6, 6.07) is 4.72. The molecule has 5 nitrogen and oxygen atoms in total. The van der Waals surface area contributed by atoms with E-state index in [1.54, 1.807) is 0 Å². The van der Waals surface area contributed by atoms with Crippen LogP contribution in [0.3, 0.4) is 0 Å². The molecular formula is C15H22BrN3O2. The Kier molecular flexibility index (Phi) is 4.69. The third-order valence-corrected chi connectivity index (χ3v) is 4.77. The molecule has 1 atom stereocenters. The fourth-order valence-electron chi connectivity index (χ4n) is 2.83. The number of benzene rings is 1. The molecular weight excluding hydrogens is 334 g/mol. The van der Waals surface area contributed by atoms with Crippen molar-refractivity contribution in [1.82, 2.24) is 15.1 Å². The average Bonchev–Trinajstić information content (AvgIpc) is 2.91. The van der Waals surface area contributed by atoms with Gasteiger partial charge in [-0.1, -0.05) is 0 Å². The molecule has 1 aromatic rings. The number of hydrogen-bond acceptors (Lipinski definition) is 5. The van der Waals surface area contributed by atoms with Crippen LogP contribution in [0.25, 0.3) is 0 Å². The third-order valence-electron chi connectivity index (χ3n) is 4.18. The summed E-state index contributed by atoms with van der Waals surface area (Å²) in [7, 11) is 4.39. The number of nitrogens with one attached hydrogen (secondary N) is 1. The van der Waals surface area contributed by atoms with Gasteiger partial charge in [-0.05, 0) is 47.7 Å². The van der Waals surface area contributed by atoms with Gasteiger partial charge in [-0.25, -0.2) is 0 Å². The second-order valence-corrected chi connectivity index (χ2v) is 6.69. The Morgan fingerprint density at radius 1 is 1.29 bits per heavy atom. The van der Waals surface area contributed by atoms with Crippen molar-refractivity contribution in [3.63, 3.8) is 0 Å². The molecule has 0 bridgehead atoms. The number of piperazine rings is 1. The molecule has 1 fully saturated rings. The van der Waals surface area contributed by atoms with Crippen LogP contribution in [0.2, 0.25) is 0 Å². The topological polar surface area (TPSA) is 37.0 Å². The van der Waals surface area contributed by atoms with Crippen LogP contribution >= 0.6 is 15.9 Å². The Bertz CT molecular complexity index is 512. The smallest absolute Gasteiger partial charge is 0.231 e. The fraction of sp³-hybridized carbons (Fsp3) is 0.600. The quantitative estimate of drug-likeness (QED) is 0.885. The fourth-order valence-corrected chi connectivity index (χ4v) is 3.43. The molecule has 0 radical (unpaired) electrons. The molecule has 0 amide bonds. The lowest BCUT2D eigenvalue weighted by Gasteiger charge is -2.37. The van der Waals surface area contributed by atoms with Crippen LogP contribution < -0.4 is 14.8 Å². The highest BCUT2D eigenvalue weighted by Gasteiger charge is 2.22. The van der Waals surface area contributed by atoms with E-state index < -0.39 is 0 Å². The highest BCUT2D eigenvalue weighted by Crippen LogP contribution is 2.39. The monoisotopic (exact) mass is 355 g/mol. The Labute approximate surface area is 134 Å². The summed E-state index contributed by atoms with van der Waals surface area (Å²) in [6.45, 7) is 5.55. The van der Waals surface area contributed by atoms with Crippen LogP contribution in [0, 0.1) is 0 Å². The van der Waals surface area contributed by atoms with Gasteiger partial charge in [-0.2, -0.15) is 0 Å². The predicted molar refractivity (Wildman–Crippen MR) is 85.9 cm³/mol. The van der Waals surface area contributed by atoms with Crippen LogP contribution in [0.15, 0.2) is 16.6 Å². The minimum Gasteiger partial charge on any atom is -0.454 e. The molecule has 3 rings (SSSR count). The number of halogens is 1. The minimum atomic E-state index is 0.310. The van der Waals surface area contributed by atoms with Gasteiger partial charge >= 0.3 is 0 Å². The zero-order chi connectivity index (χ0) is 14.8. The van der Waals surface area contributed by atoms with E-state index in [1.165, 1.54) is 5.56 Å². The van der Waals surface area contributed by atoms with Gasteiger partial charge in [0.25, 0.3) is 0 Å². The molecule has 2 heterocycles. The Hall–Kier alpha value is -0.820. The molecule has 21 heavy (non-hydrogen) atoms. The Morgan fingerprint density at radius 3 is 3.00 bits per heavy atom. The van der Waals surface area contributed by atoms with Gasteiger partial charge in [0, 0.05) is 38.8 Å². The molecule has 116 valence electrons. The molecule has 0 aromatic heterocycles. The summed E-state index contributed by atoms with van der Waals surface area (Å²) in [6.07, 6.45) is 0. The molecule has 1 aromatic carbocycles. The van der Waals surface area contributed by atoms with E-state index in [4.69, 9.17) is 9.47 Å². The zero-order valence-electron chi connectivity index (χ0n) is 12.6. The van der Waals surface area contributed by atoms with Crippen molar-refractivity contribution in [2.45, 2.75) is 12.6 Å². The van der Waals surface area contributed by atoms with Gasteiger partial charge in [0.1, 0.15) is 0 Å². The summed E-state index contributed by atoms with van der Waals surface area (Å²) >= 11 is 3.54. The summed E-state index contributed by atoms with van der Waals surface area (Å²) in [5.41, 5.74) is 1.21. The summed E-state index contributed by atoms with van der Waals surface area (Å²) in [4.78, 5) is 4.83. The zero-order valence-corrected chi connectivity index (χ0v) is 14.1. The van der Waals surface area contributed by atoms with Crippen molar-refractivity contribution in [1.29, 1.82) is 0 Å². The summed E-state index contributed by atoms with van der Waals surface area (Å²) in [5.74, 6) is 1.64. The predicted octanol–water partition coefficient (Wildman–Crippen LogP) is 1.51. The maximum atomic E-state index is 5.45. The second-order valence-electron chi connectivity index (χ2n) is 5.84. The van der Waals surface area contributed by atoms with Crippen LogP contribution in [0.5, 0.6) is 11.5 Å². The van der Waals surface area contributed by atoms with E-state index in [9.17, 15) is 0 Å². The number of likely N-dealkylation sites (N-methyl/N-ethyl adjacent to an activating group) is 2. The summed E-state index contributed by atoms with van der Waals surface area (Å²) in [5, 5.41) is 3.56. The lowest BCUT2D eigenvalue weighted by molar-refractivity contribution is 0.113. The highest BCUT2D eigenvalue weighted by atomic mass is 79.9. The molecule has 6 heteroatoms. The van der Waals surface area contributed by atoms with Crippen molar-refractivity contribution < 1.29 is 9.47 Å². The number of rotatable bonds is 4. The summed E-state index contributed by atoms with van der Waals surface area (Å²) < 4.78 is 11.8. The van der Waals surface area contributed by atoms with Crippen LogP contribution in [-0.4, -0.2) is 62.9 Å². The van der Waals surface area contributed by atoms with Gasteiger partial charge in [-0.15, -0.1) is 0 Å². The lowest BCUT2D eigenvalue weighted by Crippen LogP contribution is -2.53. The van der Waals surface area contributed by atoms with Gasteiger partial charge in [0.2, 0.25) is 6.79 Å². The van der Waals surface area contributed by atoms with E-state index in [0.29, 0.717) is 12.8 Å². The maximum absolute atomic E-state index is 5.45. The van der Waals surface area contributed by atoms with Crippen LogP contribution in [0.1, 0.15) is 5.56 Å². The van der Waals surface area contributed by atoms with Crippen molar-refractivity contribution >= 4 is 15.9 Å². The van der Waals surface area contributed by atoms with Crippen molar-refractivity contribution in [2.24, 2.45) is 0 Å². The first-order valence-electron chi connectivity index (χ1n) is 7.31. The van der Waals surface area contributed by atoms with Crippen molar-refractivity contribution in [3.05, 3.63) is 22.2 Å². The van der Waals surface area contributed by atoms with E-state index in [0.717, 1.165) is 48.7 Å². The van der Waals surface area contributed by atoms with Crippen LogP contribution in [-0.2, 0) is 6.54 Å². The number of hydrogen-bond donors (Lipinski definition) is 1. The van der Waals surface area contributed by atoms with E-state index in [1.807, 2.05) is 0 Å². The van der Waals surface area contributed by atoms with Gasteiger partial charge in [0.05, 0.1) is 4.47 Å². The number of fused-ring (bicyclic) bond motifs is 1. The molecule has 0 spiro atoms. The first-order chi connectivity index (χ1) is 10.1. The average molecular weight is 356 g/mol. The van der Waals surface area contributed by atoms with E-state index >= 15 is 0 Å². The van der Waals surface area contributed by atoms with Crippen molar-refractivity contribution in [2.75, 3.05) is 47.1 Å². The number of nitrogens with zero attached hydrogens (tertiary/aromatic N) is 2. The molecule has 1 unspecified atom stereocenters. The molecule has 0 saturated carbocycles. The highest BCUT2D eigenvalue weighted by molar-refractivity contribution is 9.10. The Morgan fingerprint density at radius 2 is 2.14 bits per heavy atom. The first-order valence-corrected chi connectivity index (χ1v) is 8.10. The molecule has 1 saturated heterocycles. The van der Waals surface area contributed by atoms with Gasteiger partial charge < -0.3 is 19.7 Å². The largest absolute Gasteiger partial charge is 0.454 e. The van der Waals surface area contributed by atoms with Gasteiger partial charge in [0.15, 0.2) is 11.5 Å². The van der Waals surface area contributed by atoms with Crippen LogP contribution in [0.4, 0.5) is 0 Å². The third kappa shape index (κ3) is 3.51. The van der Waals surface area contributed by atoms with E-state index in [-0.39, 0.29) is 0 Å². The number of ether oxygens (including phenoxy) is 2. The molecule has 2 aliphatic rings. The standard InChI is InChI=1S/C15H22BrN3O2/c1-18-3-4-19(2)12(9-18)8-17-7-11-5-13(16)15-14(6-11)20-10-21-15/h5-6,12,17H,3-4,7-10H2,1-2H3. The second kappa shape index (κ2) is 6.52. The lowest BCUT2D eigenvalue weighted by atomic mass is 10.1. The molecule has 0 aliphatic carbocycles. The van der Waals surface area contributed by atoms with Gasteiger partial charge in [-0.3, -0.25) is 4.90 Å². The maximum Gasteiger partial charge on any atom is 0.231 e. The Balaban J connectivity index is 1.55.